The number of imidazole rings is 1. The molecule has 3 aromatic heterocycles. The third kappa shape index (κ3) is 5.95. The number of aromatic hydroxyl groups is 1. The van der Waals surface area contributed by atoms with Gasteiger partial charge in [0.1, 0.15) is 17.3 Å². The van der Waals surface area contributed by atoms with Crippen LogP contribution in [0.25, 0.3) is 22.5 Å². The third-order valence-electron chi connectivity index (χ3n) is 6.97. The van der Waals surface area contributed by atoms with Crippen LogP contribution < -0.4 is 0 Å². The number of halogens is 1. The van der Waals surface area contributed by atoms with Gasteiger partial charge in [-0.05, 0) is 65.6 Å². The summed E-state index contributed by atoms with van der Waals surface area (Å²) >= 11 is 6.59. The summed E-state index contributed by atoms with van der Waals surface area (Å²) in [4.78, 5) is 22.3. The van der Waals surface area contributed by atoms with Gasteiger partial charge in [0.25, 0.3) is 0 Å². The Labute approximate surface area is 249 Å². The molecule has 0 spiro atoms. The highest BCUT2D eigenvalue weighted by molar-refractivity contribution is 6.33. The standard InChI is InChI=1S/C31H32ClN7O3/c1-4-6-14-26-34-30(32)28(29(41)27-25(40)13-10-17-33-27)38(26)19-21-15-16-23(22-11-8-7-9-12-22)24(18-21)31-35-36-37-39(31)20(3)42-5-2/h7-13,15-18,20,40H,4-6,14,19H2,1-3H3. The topological polar surface area (TPSA) is 121 Å². The molecule has 0 bridgehead atoms. The van der Waals surface area contributed by atoms with Crippen LogP contribution >= 0.6 is 11.6 Å². The number of hydrogen-bond donors (Lipinski definition) is 1. The summed E-state index contributed by atoms with van der Waals surface area (Å²) in [6.07, 6.45) is 3.54. The predicted octanol–water partition coefficient (Wildman–Crippen LogP) is 6.13. The van der Waals surface area contributed by atoms with Crippen LogP contribution in [0.2, 0.25) is 5.15 Å². The maximum absolute atomic E-state index is 13.6. The first-order valence-electron chi connectivity index (χ1n) is 13.9. The number of aryl methyl sites for hydroxylation is 1. The number of rotatable bonds is 12. The summed E-state index contributed by atoms with van der Waals surface area (Å²) in [7, 11) is 0. The van der Waals surface area contributed by atoms with E-state index in [-0.39, 0.29) is 28.5 Å². The maximum atomic E-state index is 13.6. The Morgan fingerprint density at radius 2 is 1.88 bits per heavy atom. The van der Waals surface area contributed by atoms with E-state index in [4.69, 9.17) is 16.3 Å². The van der Waals surface area contributed by atoms with Gasteiger partial charge in [-0.3, -0.25) is 4.79 Å². The van der Waals surface area contributed by atoms with Crippen LogP contribution in [0.5, 0.6) is 5.75 Å². The predicted molar refractivity (Wildman–Crippen MR) is 159 cm³/mol. The van der Waals surface area contributed by atoms with Crippen LogP contribution in [0.3, 0.4) is 0 Å². The average Bonchev–Trinajstić information content (AvgIpc) is 3.61. The fourth-order valence-electron chi connectivity index (χ4n) is 4.92. The molecule has 2 aromatic carbocycles. The Bertz CT molecular complexity index is 1680. The van der Waals surface area contributed by atoms with Crippen LogP contribution in [-0.2, 0) is 17.7 Å². The van der Waals surface area contributed by atoms with Crippen LogP contribution in [0.15, 0.2) is 66.9 Å². The quantitative estimate of drug-likeness (QED) is 0.173. The Balaban J connectivity index is 1.63. The Morgan fingerprint density at radius 1 is 1.07 bits per heavy atom. The molecule has 0 amide bonds. The number of unbranched alkanes of at least 4 members (excludes halogenated alkanes) is 1. The van der Waals surface area contributed by atoms with Gasteiger partial charge in [0.2, 0.25) is 5.78 Å². The monoisotopic (exact) mass is 585 g/mol. The molecule has 0 saturated carbocycles. The van der Waals surface area contributed by atoms with Gasteiger partial charge in [-0.1, -0.05) is 67.4 Å². The molecule has 0 aliphatic heterocycles. The molecule has 3 heterocycles. The molecule has 0 saturated heterocycles. The van der Waals surface area contributed by atoms with E-state index in [0.717, 1.165) is 35.1 Å². The molecule has 0 fully saturated rings. The number of tetrazole rings is 1. The average molecular weight is 586 g/mol. The van der Waals surface area contributed by atoms with Crippen molar-refractivity contribution in [3.05, 3.63) is 94.8 Å². The molecule has 10 nitrogen and oxygen atoms in total. The lowest BCUT2D eigenvalue weighted by Crippen LogP contribution is -2.16. The number of carbonyl (C=O) groups excluding carboxylic acids is 1. The van der Waals surface area contributed by atoms with Gasteiger partial charge < -0.3 is 14.4 Å². The van der Waals surface area contributed by atoms with Gasteiger partial charge in [-0.15, -0.1) is 5.10 Å². The zero-order valence-electron chi connectivity index (χ0n) is 23.7. The summed E-state index contributed by atoms with van der Waals surface area (Å²) in [5.74, 6) is 0.528. The molecule has 1 N–H and O–H groups in total. The van der Waals surface area contributed by atoms with E-state index in [2.05, 4.69) is 32.4 Å². The van der Waals surface area contributed by atoms with Crippen LogP contribution in [0.1, 0.15) is 67.4 Å². The summed E-state index contributed by atoms with van der Waals surface area (Å²) in [6.45, 7) is 6.73. The number of carbonyl (C=O) groups is 1. The highest BCUT2D eigenvalue weighted by Gasteiger charge is 2.27. The molecular formula is C31H32ClN7O3. The lowest BCUT2D eigenvalue weighted by atomic mass is 9.96. The molecular weight excluding hydrogens is 554 g/mol. The maximum Gasteiger partial charge on any atom is 0.234 e. The van der Waals surface area contributed by atoms with Crippen molar-refractivity contribution in [2.24, 2.45) is 0 Å². The van der Waals surface area contributed by atoms with Crippen molar-refractivity contribution in [1.29, 1.82) is 0 Å². The second kappa shape index (κ2) is 13.1. The van der Waals surface area contributed by atoms with E-state index in [1.807, 2.05) is 66.9 Å². The zero-order valence-corrected chi connectivity index (χ0v) is 24.5. The van der Waals surface area contributed by atoms with E-state index in [0.29, 0.717) is 31.2 Å². The molecule has 216 valence electrons. The SMILES string of the molecule is CCCCc1nc(Cl)c(C(=O)c2ncccc2O)n1Cc1ccc(-c2ccccc2)c(-c2nnnn2C(C)OCC)c1. The van der Waals surface area contributed by atoms with Crippen molar-refractivity contribution < 1.29 is 14.6 Å². The van der Waals surface area contributed by atoms with Crippen molar-refractivity contribution in [3.8, 4) is 28.3 Å². The summed E-state index contributed by atoms with van der Waals surface area (Å²) < 4.78 is 9.28. The molecule has 42 heavy (non-hydrogen) atoms. The zero-order chi connectivity index (χ0) is 29.6. The summed E-state index contributed by atoms with van der Waals surface area (Å²) in [6, 6.07) is 19.1. The van der Waals surface area contributed by atoms with Crippen molar-refractivity contribution in [2.75, 3.05) is 6.61 Å². The highest BCUT2D eigenvalue weighted by atomic mass is 35.5. The third-order valence-corrected chi connectivity index (χ3v) is 7.23. The fourth-order valence-corrected chi connectivity index (χ4v) is 5.20. The lowest BCUT2D eigenvalue weighted by Gasteiger charge is -2.17. The van der Waals surface area contributed by atoms with Crippen molar-refractivity contribution >= 4 is 17.4 Å². The molecule has 5 rings (SSSR count). The highest BCUT2D eigenvalue weighted by Crippen LogP contribution is 2.34. The molecule has 0 aliphatic carbocycles. The molecule has 5 aromatic rings. The number of ether oxygens (including phenoxy) is 1. The second-order valence-electron chi connectivity index (χ2n) is 9.81. The minimum atomic E-state index is -0.496. The lowest BCUT2D eigenvalue weighted by molar-refractivity contribution is 0.0159. The minimum Gasteiger partial charge on any atom is -0.506 e. The number of aromatic nitrogens is 7. The first kappa shape index (κ1) is 29.1. The van der Waals surface area contributed by atoms with Gasteiger partial charge in [0.15, 0.2) is 22.9 Å². The largest absolute Gasteiger partial charge is 0.506 e. The van der Waals surface area contributed by atoms with Gasteiger partial charge in [0.05, 0.1) is 0 Å². The molecule has 1 unspecified atom stereocenters. The van der Waals surface area contributed by atoms with Gasteiger partial charge >= 0.3 is 0 Å². The van der Waals surface area contributed by atoms with E-state index < -0.39 is 5.78 Å². The normalized spacial score (nSPS) is 12.0. The Hall–Kier alpha value is -4.41. The fraction of sp³-hybridized carbons (Fsp3) is 0.290. The van der Waals surface area contributed by atoms with Crippen molar-refractivity contribution in [3.63, 3.8) is 0 Å². The van der Waals surface area contributed by atoms with Crippen molar-refractivity contribution in [2.45, 2.75) is 52.8 Å². The minimum absolute atomic E-state index is 0.0757. The summed E-state index contributed by atoms with van der Waals surface area (Å²) in [5, 5.41) is 23.0. The number of nitrogens with zero attached hydrogens (tertiary/aromatic N) is 7. The molecule has 1 atom stereocenters. The second-order valence-corrected chi connectivity index (χ2v) is 10.2. The van der Waals surface area contributed by atoms with Crippen LogP contribution in [-0.4, -0.2) is 52.2 Å². The number of benzene rings is 2. The number of hydrogen-bond acceptors (Lipinski definition) is 8. The summed E-state index contributed by atoms with van der Waals surface area (Å²) in [5.41, 5.74) is 3.76. The van der Waals surface area contributed by atoms with Crippen molar-refractivity contribution in [1.82, 2.24) is 34.7 Å². The van der Waals surface area contributed by atoms with E-state index in [9.17, 15) is 9.90 Å². The van der Waals surface area contributed by atoms with Gasteiger partial charge in [-0.25, -0.2) is 9.97 Å². The van der Waals surface area contributed by atoms with Gasteiger partial charge in [-0.2, -0.15) is 4.68 Å². The van der Waals surface area contributed by atoms with Crippen LogP contribution in [0.4, 0.5) is 0 Å². The number of ketones is 1. The van der Waals surface area contributed by atoms with Gasteiger partial charge in [0, 0.05) is 31.3 Å². The molecule has 11 heteroatoms. The van der Waals surface area contributed by atoms with Crippen LogP contribution in [0, 0.1) is 0 Å². The first-order valence-corrected chi connectivity index (χ1v) is 14.3. The van der Waals surface area contributed by atoms with E-state index in [1.165, 1.54) is 12.3 Å². The Morgan fingerprint density at radius 3 is 2.62 bits per heavy atom. The van der Waals surface area contributed by atoms with E-state index >= 15 is 0 Å². The number of pyridine rings is 1. The first-order chi connectivity index (χ1) is 20.4. The molecule has 0 aliphatic rings. The van der Waals surface area contributed by atoms with E-state index in [1.54, 1.807) is 10.7 Å². The molecule has 0 radical (unpaired) electrons. The smallest absolute Gasteiger partial charge is 0.234 e. The Kier molecular flexibility index (Phi) is 9.04.